The van der Waals surface area contributed by atoms with Gasteiger partial charge in [-0.25, -0.2) is 0 Å². The summed E-state index contributed by atoms with van der Waals surface area (Å²) in [5, 5.41) is 8.62. The molecule has 0 aliphatic heterocycles. The fourth-order valence-electron chi connectivity index (χ4n) is 1.91. The van der Waals surface area contributed by atoms with Gasteiger partial charge in [0.15, 0.2) is 0 Å². The highest BCUT2D eigenvalue weighted by Crippen LogP contribution is 2.28. The largest absolute Gasteiger partial charge is 0.375 e. The molecule has 0 amide bonds. The van der Waals surface area contributed by atoms with E-state index in [0.717, 1.165) is 24.0 Å². The van der Waals surface area contributed by atoms with Crippen LogP contribution in [0.5, 0.6) is 0 Å². The number of ether oxygens (including phenoxy) is 1. The van der Waals surface area contributed by atoms with Gasteiger partial charge >= 0.3 is 0 Å². The lowest BCUT2D eigenvalue weighted by Crippen LogP contribution is -2.29. The molecule has 2 nitrogen and oxygen atoms in total. The molecule has 0 heterocycles. The first kappa shape index (κ1) is 9.69. The molecule has 1 aromatic carbocycles. The second-order valence-corrected chi connectivity index (χ2v) is 3.86. The molecule has 0 bridgehead atoms. The first-order chi connectivity index (χ1) is 6.74. The highest BCUT2D eigenvalue weighted by Gasteiger charge is 2.25. The van der Waals surface area contributed by atoms with E-state index in [1.54, 1.807) is 7.11 Å². The van der Waals surface area contributed by atoms with E-state index >= 15 is 0 Å². The fraction of sp³-hybridized carbons (Fsp3) is 0.364. The Kier molecular flexibility index (Phi) is 2.57. The minimum Gasteiger partial charge on any atom is -0.375 e. The van der Waals surface area contributed by atoms with Crippen molar-refractivity contribution in [3.63, 3.8) is 0 Å². The Balaban J connectivity index is 2.48. The Bertz CT molecular complexity index is 376. The second kappa shape index (κ2) is 3.71. The molecule has 1 unspecified atom stereocenters. The van der Waals surface area contributed by atoms with Crippen molar-refractivity contribution in [3.8, 4) is 0 Å². The molecule has 74 valence electrons. The van der Waals surface area contributed by atoms with E-state index in [4.69, 9.17) is 21.7 Å². The van der Waals surface area contributed by atoms with Gasteiger partial charge in [0.05, 0.1) is 11.8 Å². The lowest BCUT2D eigenvalue weighted by atomic mass is 9.88. The van der Waals surface area contributed by atoms with Crippen LogP contribution in [-0.2, 0) is 11.2 Å². The van der Waals surface area contributed by atoms with Crippen LogP contribution >= 0.6 is 11.6 Å². The predicted octanol–water partition coefficient (Wildman–Crippen LogP) is 2.67. The van der Waals surface area contributed by atoms with E-state index in [1.807, 2.05) is 18.2 Å². The van der Waals surface area contributed by atoms with Gasteiger partial charge in [-0.15, -0.1) is 0 Å². The molecule has 0 saturated heterocycles. The highest BCUT2D eigenvalue weighted by molar-refractivity contribution is 6.34. The number of benzene rings is 1. The average Bonchev–Trinajstić information content (AvgIpc) is 2.18. The Labute approximate surface area is 88.4 Å². The zero-order valence-corrected chi connectivity index (χ0v) is 8.77. The van der Waals surface area contributed by atoms with Crippen LogP contribution in [0.4, 0.5) is 0 Å². The fourth-order valence-corrected chi connectivity index (χ4v) is 2.20. The number of rotatable bonds is 1. The molecule has 0 saturated carbocycles. The summed E-state index contributed by atoms with van der Waals surface area (Å²) in [5.74, 6) is 0. The summed E-state index contributed by atoms with van der Waals surface area (Å²) in [6.07, 6.45) is 1.72. The summed E-state index contributed by atoms with van der Waals surface area (Å²) in [6.45, 7) is 0. The first-order valence-electron chi connectivity index (χ1n) is 4.63. The summed E-state index contributed by atoms with van der Waals surface area (Å²) < 4.78 is 5.23. The smallest absolute Gasteiger partial charge is 0.0993 e. The number of halogens is 1. The van der Waals surface area contributed by atoms with E-state index in [2.05, 4.69) is 0 Å². The van der Waals surface area contributed by atoms with Crippen LogP contribution in [0, 0.1) is 5.41 Å². The normalized spacial score (nSPS) is 20.7. The van der Waals surface area contributed by atoms with Gasteiger partial charge in [0.2, 0.25) is 0 Å². The first-order valence-corrected chi connectivity index (χ1v) is 5.01. The van der Waals surface area contributed by atoms with Crippen LogP contribution in [0.25, 0.3) is 0 Å². The predicted molar refractivity (Wildman–Crippen MR) is 57.4 cm³/mol. The van der Waals surface area contributed by atoms with E-state index < -0.39 is 0 Å². The number of hydrogen-bond acceptors (Lipinski definition) is 2. The Morgan fingerprint density at radius 1 is 1.50 bits per heavy atom. The van der Waals surface area contributed by atoms with Gasteiger partial charge in [-0.05, 0) is 24.5 Å². The van der Waals surface area contributed by atoms with Gasteiger partial charge in [-0.1, -0.05) is 23.7 Å². The van der Waals surface area contributed by atoms with Crippen molar-refractivity contribution in [1.29, 1.82) is 5.41 Å². The third-order valence-corrected chi connectivity index (χ3v) is 2.97. The van der Waals surface area contributed by atoms with Gasteiger partial charge in [-0.2, -0.15) is 0 Å². The maximum atomic E-state index is 7.96. The monoisotopic (exact) mass is 209 g/mol. The van der Waals surface area contributed by atoms with Crippen molar-refractivity contribution in [2.45, 2.75) is 18.9 Å². The molecule has 0 aromatic heterocycles. The molecule has 3 heteroatoms. The molecular formula is C11H12ClNO. The lowest BCUT2D eigenvalue weighted by molar-refractivity contribution is 0.146. The second-order valence-electron chi connectivity index (χ2n) is 3.45. The summed E-state index contributed by atoms with van der Waals surface area (Å²) in [7, 11) is 1.64. The molecule has 1 aliphatic carbocycles. The van der Waals surface area contributed by atoms with Crippen molar-refractivity contribution in [1.82, 2.24) is 0 Å². The topological polar surface area (TPSA) is 33.1 Å². The number of fused-ring (bicyclic) bond motifs is 1. The van der Waals surface area contributed by atoms with Crippen molar-refractivity contribution < 1.29 is 4.74 Å². The van der Waals surface area contributed by atoms with E-state index in [0.29, 0.717) is 10.7 Å². The molecular weight excluding hydrogens is 198 g/mol. The van der Waals surface area contributed by atoms with Crippen molar-refractivity contribution in [2.75, 3.05) is 7.11 Å². The minimum absolute atomic E-state index is 0.0950. The van der Waals surface area contributed by atoms with E-state index in [1.165, 1.54) is 0 Å². The van der Waals surface area contributed by atoms with Crippen LogP contribution in [0.15, 0.2) is 18.2 Å². The zero-order chi connectivity index (χ0) is 10.1. The molecule has 1 aromatic rings. The quantitative estimate of drug-likeness (QED) is 0.758. The van der Waals surface area contributed by atoms with Crippen LogP contribution in [0.2, 0.25) is 5.02 Å². The lowest BCUT2D eigenvalue weighted by Gasteiger charge is -2.25. The molecule has 1 atom stereocenters. The van der Waals surface area contributed by atoms with Crippen LogP contribution < -0.4 is 0 Å². The van der Waals surface area contributed by atoms with Crippen molar-refractivity contribution in [3.05, 3.63) is 34.3 Å². The number of hydrogen-bond donors (Lipinski definition) is 1. The summed E-state index contributed by atoms with van der Waals surface area (Å²) in [4.78, 5) is 0. The van der Waals surface area contributed by atoms with Gasteiger partial charge in [0, 0.05) is 17.7 Å². The maximum Gasteiger partial charge on any atom is 0.0993 e. The maximum absolute atomic E-state index is 7.96. The third kappa shape index (κ3) is 1.45. The Morgan fingerprint density at radius 3 is 3.00 bits per heavy atom. The molecule has 2 rings (SSSR count). The van der Waals surface area contributed by atoms with Crippen LogP contribution in [-0.4, -0.2) is 18.9 Å². The van der Waals surface area contributed by atoms with Gasteiger partial charge in [-0.3, -0.25) is 0 Å². The van der Waals surface area contributed by atoms with Crippen LogP contribution in [0.1, 0.15) is 17.5 Å². The number of nitrogens with one attached hydrogen (secondary N) is 1. The highest BCUT2D eigenvalue weighted by atomic mass is 35.5. The number of aryl methyl sites for hydroxylation is 1. The van der Waals surface area contributed by atoms with Crippen LogP contribution in [0.3, 0.4) is 0 Å². The van der Waals surface area contributed by atoms with E-state index in [9.17, 15) is 0 Å². The zero-order valence-electron chi connectivity index (χ0n) is 8.01. The Hall–Kier alpha value is -0.860. The van der Waals surface area contributed by atoms with Gasteiger partial charge in [0.1, 0.15) is 0 Å². The van der Waals surface area contributed by atoms with Crippen molar-refractivity contribution in [2.24, 2.45) is 0 Å². The Morgan fingerprint density at radius 2 is 2.29 bits per heavy atom. The summed E-state index contributed by atoms with van der Waals surface area (Å²) in [6, 6.07) is 5.79. The van der Waals surface area contributed by atoms with Crippen molar-refractivity contribution >= 4 is 17.3 Å². The SMILES string of the molecule is COC1CCc2cccc(Cl)c2C1=N. The molecule has 0 radical (unpaired) electrons. The third-order valence-electron chi connectivity index (χ3n) is 2.65. The average molecular weight is 210 g/mol. The molecule has 1 N–H and O–H groups in total. The molecule has 1 aliphatic rings. The van der Waals surface area contributed by atoms with Gasteiger partial charge in [0.25, 0.3) is 0 Å². The van der Waals surface area contributed by atoms with Gasteiger partial charge < -0.3 is 10.1 Å². The summed E-state index contributed by atoms with van der Waals surface area (Å²) in [5.41, 5.74) is 2.54. The molecule has 0 fully saturated rings. The molecule has 14 heavy (non-hydrogen) atoms. The standard InChI is InChI=1S/C11H12ClNO/c1-14-9-6-5-7-3-2-4-8(12)10(7)11(9)13/h2-4,9,13H,5-6H2,1H3. The molecule has 0 spiro atoms. The number of methoxy groups -OCH3 is 1. The summed E-state index contributed by atoms with van der Waals surface area (Å²) >= 11 is 6.06. The van der Waals surface area contributed by atoms with E-state index in [-0.39, 0.29) is 6.10 Å². The minimum atomic E-state index is -0.0950.